The molecule has 0 spiro atoms. The molecule has 2 heterocycles. The molecule has 1 aromatic heterocycles. The van der Waals surface area contributed by atoms with Crippen LogP contribution in [0.4, 0.5) is 10.7 Å². The number of amides is 2. The van der Waals surface area contributed by atoms with E-state index < -0.39 is 5.91 Å². The molecule has 2 aromatic rings. The number of thiophene rings is 1. The molecule has 154 valence electrons. The molecule has 29 heavy (non-hydrogen) atoms. The summed E-state index contributed by atoms with van der Waals surface area (Å²) in [4.78, 5) is 30.0. The lowest BCUT2D eigenvalue weighted by molar-refractivity contribution is -0.117. The van der Waals surface area contributed by atoms with E-state index in [9.17, 15) is 14.7 Å². The number of benzene rings is 1. The van der Waals surface area contributed by atoms with Gasteiger partial charge < -0.3 is 21.1 Å². The highest BCUT2D eigenvalue weighted by Gasteiger charge is 2.26. The second-order valence-corrected chi connectivity index (χ2v) is 8.68. The zero-order valence-electron chi connectivity index (χ0n) is 16.3. The van der Waals surface area contributed by atoms with Crippen molar-refractivity contribution in [2.45, 2.75) is 25.7 Å². The number of phenols is 1. The summed E-state index contributed by atoms with van der Waals surface area (Å²) in [6, 6.07) is 7.31. The van der Waals surface area contributed by atoms with Gasteiger partial charge in [0.2, 0.25) is 5.91 Å². The quantitative estimate of drug-likeness (QED) is 0.697. The predicted molar refractivity (Wildman–Crippen MR) is 115 cm³/mol. The van der Waals surface area contributed by atoms with Gasteiger partial charge in [-0.1, -0.05) is 12.1 Å². The molecule has 1 aliphatic carbocycles. The van der Waals surface area contributed by atoms with Gasteiger partial charge in [0, 0.05) is 31.1 Å². The van der Waals surface area contributed by atoms with Gasteiger partial charge in [-0.15, -0.1) is 11.3 Å². The minimum atomic E-state index is -0.462. The predicted octanol–water partition coefficient (Wildman–Crippen LogP) is 2.19. The van der Waals surface area contributed by atoms with Crippen LogP contribution in [0.25, 0.3) is 0 Å². The molecule has 0 saturated carbocycles. The molecule has 2 amide bonds. The SMILES string of the molecule is NC(=O)c1c(NC(=O)CN2CCN(c3ccccc3O)CC2)sc2c1CCCC2. The number of aryl methyl sites for hydroxylation is 1. The van der Waals surface area contributed by atoms with Crippen molar-refractivity contribution >= 4 is 33.8 Å². The van der Waals surface area contributed by atoms with E-state index in [2.05, 4.69) is 15.1 Å². The van der Waals surface area contributed by atoms with E-state index in [0.29, 0.717) is 10.6 Å². The second kappa shape index (κ2) is 8.42. The van der Waals surface area contributed by atoms with Gasteiger partial charge in [-0.2, -0.15) is 0 Å². The number of rotatable bonds is 5. The molecule has 4 rings (SSSR count). The van der Waals surface area contributed by atoms with Gasteiger partial charge in [-0.25, -0.2) is 0 Å². The molecule has 7 nitrogen and oxygen atoms in total. The Morgan fingerprint density at radius 1 is 1.10 bits per heavy atom. The number of nitrogens with two attached hydrogens (primary N) is 1. The number of hydrogen-bond acceptors (Lipinski definition) is 6. The number of para-hydroxylation sites is 2. The third kappa shape index (κ3) is 4.23. The average molecular weight is 415 g/mol. The van der Waals surface area contributed by atoms with Gasteiger partial charge in [0.25, 0.3) is 5.91 Å². The van der Waals surface area contributed by atoms with Crippen molar-refractivity contribution in [3.63, 3.8) is 0 Å². The normalized spacial score (nSPS) is 17.0. The molecular formula is C21H26N4O3S. The summed E-state index contributed by atoms with van der Waals surface area (Å²) in [5.41, 5.74) is 7.96. The number of anilines is 2. The van der Waals surface area contributed by atoms with Gasteiger partial charge in [0.15, 0.2) is 0 Å². The lowest BCUT2D eigenvalue weighted by atomic mass is 9.95. The first-order valence-electron chi connectivity index (χ1n) is 10.0. The Hall–Kier alpha value is -2.58. The number of piperazine rings is 1. The topological polar surface area (TPSA) is 98.9 Å². The minimum absolute atomic E-state index is 0.123. The molecular weight excluding hydrogens is 388 g/mol. The molecule has 0 radical (unpaired) electrons. The van der Waals surface area contributed by atoms with E-state index >= 15 is 0 Å². The van der Waals surface area contributed by atoms with Crippen molar-refractivity contribution in [2.75, 3.05) is 42.9 Å². The maximum absolute atomic E-state index is 12.6. The zero-order chi connectivity index (χ0) is 20.4. The second-order valence-electron chi connectivity index (χ2n) is 7.58. The first-order chi connectivity index (χ1) is 14.0. The van der Waals surface area contributed by atoms with E-state index in [1.165, 1.54) is 16.2 Å². The largest absolute Gasteiger partial charge is 0.506 e. The summed E-state index contributed by atoms with van der Waals surface area (Å²) >= 11 is 1.49. The summed E-state index contributed by atoms with van der Waals surface area (Å²) in [5.74, 6) is -0.308. The van der Waals surface area contributed by atoms with Gasteiger partial charge in [-0.05, 0) is 43.4 Å². The van der Waals surface area contributed by atoms with E-state index in [0.717, 1.165) is 63.1 Å². The van der Waals surface area contributed by atoms with E-state index in [-0.39, 0.29) is 18.2 Å². The Morgan fingerprint density at radius 3 is 2.55 bits per heavy atom. The fourth-order valence-electron chi connectivity index (χ4n) is 4.16. The smallest absolute Gasteiger partial charge is 0.251 e. The molecule has 0 atom stereocenters. The number of primary amides is 1. The highest BCUT2D eigenvalue weighted by Crippen LogP contribution is 2.37. The molecule has 1 aromatic carbocycles. The van der Waals surface area contributed by atoms with Gasteiger partial charge in [-0.3, -0.25) is 14.5 Å². The average Bonchev–Trinajstić information content (AvgIpc) is 3.07. The fraction of sp³-hybridized carbons (Fsp3) is 0.429. The lowest BCUT2D eigenvalue weighted by Crippen LogP contribution is -2.48. The van der Waals surface area contributed by atoms with Gasteiger partial charge in [0.05, 0.1) is 17.8 Å². The summed E-state index contributed by atoms with van der Waals surface area (Å²) in [6.45, 7) is 3.21. The van der Waals surface area contributed by atoms with Crippen LogP contribution in [0.1, 0.15) is 33.6 Å². The van der Waals surface area contributed by atoms with Crippen LogP contribution in [0.3, 0.4) is 0 Å². The number of nitrogens with one attached hydrogen (secondary N) is 1. The molecule has 2 aliphatic rings. The standard InChI is InChI=1S/C21H26N4O3S/c22-20(28)19-14-5-1-4-8-17(14)29-21(19)23-18(27)13-24-9-11-25(12-10-24)15-6-2-3-7-16(15)26/h2-3,6-7,26H,1,4-5,8-13H2,(H2,22,28)(H,23,27). The van der Waals surface area contributed by atoms with Crippen LogP contribution in [0, 0.1) is 0 Å². The monoisotopic (exact) mass is 414 g/mol. The van der Waals surface area contributed by atoms with Crippen LogP contribution in [0.2, 0.25) is 0 Å². The van der Waals surface area contributed by atoms with E-state index in [4.69, 9.17) is 5.73 Å². The van der Waals surface area contributed by atoms with Crippen LogP contribution in [-0.4, -0.2) is 54.5 Å². The van der Waals surface area contributed by atoms with Crippen molar-refractivity contribution < 1.29 is 14.7 Å². The highest BCUT2D eigenvalue weighted by atomic mass is 32.1. The Bertz CT molecular complexity index is 919. The first kappa shape index (κ1) is 19.7. The van der Waals surface area contributed by atoms with Crippen molar-refractivity contribution in [2.24, 2.45) is 5.73 Å². The molecule has 8 heteroatoms. The summed E-state index contributed by atoms with van der Waals surface area (Å²) < 4.78 is 0. The van der Waals surface area contributed by atoms with Crippen LogP contribution in [0.15, 0.2) is 24.3 Å². The van der Waals surface area contributed by atoms with Gasteiger partial charge >= 0.3 is 0 Å². The number of carbonyl (C=O) groups is 2. The lowest BCUT2D eigenvalue weighted by Gasteiger charge is -2.35. The molecule has 1 fully saturated rings. The Labute approximate surface area is 174 Å². The molecule has 0 unspecified atom stereocenters. The first-order valence-corrected chi connectivity index (χ1v) is 10.8. The number of fused-ring (bicyclic) bond motifs is 1. The van der Waals surface area contributed by atoms with E-state index in [1.54, 1.807) is 6.07 Å². The number of phenolic OH excluding ortho intramolecular Hbond substituents is 1. The summed E-state index contributed by atoms with van der Waals surface area (Å²) in [5, 5.41) is 13.6. The van der Waals surface area contributed by atoms with Crippen LogP contribution >= 0.6 is 11.3 Å². The van der Waals surface area contributed by atoms with Crippen LogP contribution in [-0.2, 0) is 17.6 Å². The van der Waals surface area contributed by atoms with Crippen molar-refractivity contribution in [1.29, 1.82) is 0 Å². The summed E-state index contributed by atoms with van der Waals surface area (Å²) in [7, 11) is 0. The fourth-order valence-corrected chi connectivity index (χ4v) is 5.47. The number of carbonyl (C=O) groups excluding carboxylic acids is 2. The zero-order valence-corrected chi connectivity index (χ0v) is 17.1. The number of nitrogens with zero attached hydrogens (tertiary/aromatic N) is 2. The molecule has 0 bridgehead atoms. The van der Waals surface area contributed by atoms with Crippen LogP contribution < -0.4 is 16.0 Å². The Balaban J connectivity index is 1.36. The Morgan fingerprint density at radius 2 is 1.83 bits per heavy atom. The minimum Gasteiger partial charge on any atom is -0.506 e. The van der Waals surface area contributed by atoms with Crippen LogP contribution in [0.5, 0.6) is 5.75 Å². The van der Waals surface area contributed by atoms with Crippen molar-refractivity contribution in [3.05, 3.63) is 40.3 Å². The highest BCUT2D eigenvalue weighted by molar-refractivity contribution is 7.17. The molecule has 4 N–H and O–H groups in total. The third-order valence-electron chi connectivity index (χ3n) is 5.63. The number of aromatic hydroxyl groups is 1. The third-order valence-corrected chi connectivity index (χ3v) is 6.84. The maximum atomic E-state index is 12.6. The number of hydrogen-bond donors (Lipinski definition) is 3. The Kier molecular flexibility index (Phi) is 5.73. The van der Waals surface area contributed by atoms with E-state index in [1.807, 2.05) is 18.2 Å². The van der Waals surface area contributed by atoms with Crippen molar-refractivity contribution in [1.82, 2.24) is 4.90 Å². The van der Waals surface area contributed by atoms with Crippen molar-refractivity contribution in [3.8, 4) is 5.75 Å². The van der Waals surface area contributed by atoms with Gasteiger partial charge in [0.1, 0.15) is 10.8 Å². The molecule has 1 aliphatic heterocycles. The molecule has 1 saturated heterocycles. The maximum Gasteiger partial charge on any atom is 0.251 e. The summed E-state index contributed by atoms with van der Waals surface area (Å²) in [6.07, 6.45) is 3.97.